The number of benzene rings is 1. The number of nitrogens with one attached hydrogen (secondary N) is 1. The van der Waals surface area contributed by atoms with Gasteiger partial charge in [0.05, 0.1) is 5.71 Å². The Morgan fingerprint density at radius 3 is 2.88 bits per heavy atom. The molecule has 7 heteroatoms. The summed E-state index contributed by atoms with van der Waals surface area (Å²) in [6.07, 6.45) is 1.33. The van der Waals surface area contributed by atoms with Gasteiger partial charge in [0.1, 0.15) is 11.6 Å². The van der Waals surface area contributed by atoms with Crippen LogP contribution in [0.3, 0.4) is 0 Å². The molecule has 6 nitrogen and oxygen atoms in total. The number of rotatable bonds is 5. The fraction of sp³-hybridized carbons (Fsp3) is 0.278. The second-order valence-electron chi connectivity index (χ2n) is 5.98. The van der Waals surface area contributed by atoms with Gasteiger partial charge in [-0.1, -0.05) is 23.4 Å². The second kappa shape index (κ2) is 7.29. The van der Waals surface area contributed by atoms with Crippen molar-refractivity contribution in [2.24, 2.45) is 5.16 Å². The summed E-state index contributed by atoms with van der Waals surface area (Å²) < 4.78 is 13.3. The summed E-state index contributed by atoms with van der Waals surface area (Å²) in [7, 11) is 3.83. The molecule has 0 saturated carbocycles. The van der Waals surface area contributed by atoms with E-state index < -0.39 is 6.10 Å². The number of anilines is 1. The maximum Gasteiger partial charge on any atom is 0.264 e. The normalized spacial score (nSPS) is 16.1. The van der Waals surface area contributed by atoms with E-state index in [0.29, 0.717) is 24.2 Å². The quantitative estimate of drug-likeness (QED) is 0.904. The van der Waals surface area contributed by atoms with Crippen LogP contribution in [0.15, 0.2) is 47.8 Å². The van der Waals surface area contributed by atoms with Crippen LogP contribution in [0, 0.1) is 5.82 Å². The van der Waals surface area contributed by atoms with E-state index in [4.69, 9.17) is 4.84 Å². The monoisotopic (exact) mass is 342 g/mol. The lowest BCUT2D eigenvalue weighted by molar-refractivity contribution is -0.131. The highest BCUT2D eigenvalue weighted by molar-refractivity contribution is 6.04. The summed E-state index contributed by atoms with van der Waals surface area (Å²) in [4.78, 5) is 23.6. The number of hydrogen-bond acceptors (Lipinski definition) is 5. The van der Waals surface area contributed by atoms with Crippen molar-refractivity contribution >= 4 is 17.4 Å². The molecule has 0 aliphatic carbocycles. The zero-order chi connectivity index (χ0) is 17.8. The standard InChI is InChI=1S/C18H19FN4O2/c1-23(2)17-7-6-12(10-20-17)11-21-18(24)16-9-15(22-25-16)13-4-3-5-14(19)8-13/h3-8,10,16H,9,11H2,1-2H3,(H,21,24). The number of pyridine rings is 1. The molecular weight excluding hydrogens is 323 g/mol. The molecule has 2 heterocycles. The van der Waals surface area contributed by atoms with Crippen LogP contribution in [0.1, 0.15) is 17.5 Å². The Bertz CT molecular complexity index is 790. The second-order valence-corrected chi connectivity index (χ2v) is 5.98. The molecule has 1 aromatic carbocycles. The lowest BCUT2D eigenvalue weighted by atomic mass is 10.0. The van der Waals surface area contributed by atoms with Gasteiger partial charge in [0.15, 0.2) is 0 Å². The predicted molar refractivity (Wildman–Crippen MR) is 92.8 cm³/mol. The molecule has 2 aromatic rings. The van der Waals surface area contributed by atoms with Gasteiger partial charge in [0.2, 0.25) is 6.10 Å². The zero-order valence-corrected chi connectivity index (χ0v) is 14.1. The maximum absolute atomic E-state index is 13.3. The topological polar surface area (TPSA) is 66.8 Å². The molecule has 130 valence electrons. The van der Waals surface area contributed by atoms with E-state index in [-0.39, 0.29) is 11.7 Å². The molecule has 0 radical (unpaired) electrons. The highest BCUT2D eigenvalue weighted by atomic mass is 19.1. The first-order valence-electron chi connectivity index (χ1n) is 7.91. The number of hydrogen-bond donors (Lipinski definition) is 1. The van der Waals surface area contributed by atoms with Crippen molar-refractivity contribution in [1.82, 2.24) is 10.3 Å². The summed E-state index contributed by atoms with van der Waals surface area (Å²) in [5.74, 6) is 0.246. The van der Waals surface area contributed by atoms with Crippen LogP contribution in [0.5, 0.6) is 0 Å². The number of halogens is 1. The van der Waals surface area contributed by atoms with Crippen LogP contribution < -0.4 is 10.2 Å². The maximum atomic E-state index is 13.3. The smallest absolute Gasteiger partial charge is 0.264 e. The average Bonchev–Trinajstić information content (AvgIpc) is 3.10. The third kappa shape index (κ3) is 4.12. The molecule has 0 bridgehead atoms. The summed E-state index contributed by atoms with van der Waals surface area (Å²) in [5.41, 5.74) is 2.08. The first kappa shape index (κ1) is 16.9. The van der Waals surface area contributed by atoms with Gasteiger partial charge >= 0.3 is 0 Å². The number of amides is 1. The first-order chi connectivity index (χ1) is 12.0. The predicted octanol–water partition coefficient (Wildman–Crippen LogP) is 2.10. The lowest BCUT2D eigenvalue weighted by Crippen LogP contribution is -2.34. The Morgan fingerprint density at radius 2 is 2.20 bits per heavy atom. The Labute approximate surface area is 145 Å². The van der Waals surface area contributed by atoms with Crippen molar-refractivity contribution < 1.29 is 14.0 Å². The largest absolute Gasteiger partial charge is 0.382 e. The minimum atomic E-state index is -0.702. The number of carbonyl (C=O) groups is 1. The van der Waals surface area contributed by atoms with Crippen LogP contribution in [-0.2, 0) is 16.2 Å². The van der Waals surface area contributed by atoms with Crippen LogP contribution in [-0.4, -0.2) is 36.8 Å². The molecule has 1 aliphatic heterocycles. The first-order valence-corrected chi connectivity index (χ1v) is 7.91. The SMILES string of the molecule is CN(C)c1ccc(CNC(=O)C2CC(c3cccc(F)c3)=NO2)cn1. The molecule has 0 fully saturated rings. The van der Waals surface area contributed by atoms with Crippen molar-refractivity contribution in [3.8, 4) is 0 Å². The number of carbonyl (C=O) groups excluding carboxylic acids is 1. The van der Waals surface area contributed by atoms with Crippen LogP contribution in [0.2, 0.25) is 0 Å². The molecule has 1 unspecified atom stereocenters. The van der Waals surface area contributed by atoms with Crippen LogP contribution >= 0.6 is 0 Å². The molecule has 1 amide bonds. The summed E-state index contributed by atoms with van der Waals surface area (Å²) in [6.45, 7) is 0.356. The van der Waals surface area contributed by atoms with Gasteiger partial charge in [0.25, 0.3) is 5.91 Å². The molecule has 25 heavy (non-hydrogen) atoms. The van der Waals surface area contributed by atoms with E-state index in [2.05, 4.69) is 15.5 Å². The highest BCUT2D eigenvalue weighted by Crippen LogP contribution is 2.18. The Hall–Kier alpha value is -2.96. The van der Waals surface area contributed by atoms with Crippen molar-refractivity contribution in [3.63, 3.8) is 0 Å². The molecule has 3 rings (SSSR count). The molecule has 1 aliphatic rings. The van der Waals surface area contributed by atoms with Crippen LogP contribution in [0.25, 0.3) is 0 Å². The zero-order valence-electron chi connectivity index (χ0n) is 14.1. The summed E-state index contributed by atoms with van der Waals surface area (Å²) in [5, 5.41) is 6.71. The molecule has 0 spiro atoms. The van der Waals surface area contributed by atoms with Gasteiger partial charge in [-0.3, -0.25) is 4.79 Å². The van der Waals surface area contributed by atoms with Gasteiger partial charge in [-0.25, -0.2) is 9.37 Å². The third-order valence-electron chi connectivity index (χ3n) is 3.85. The van der Waals surface area contributed by atoms with Gasteiger partial charge in [-0.05, 0) is 23.8 Å². The van der Waals surface area contributed by atoms with Gasteiger partial charge in [-0.15, -0.1) is 0 Å². The Balaban J connectivity index is 1.53. The van der Waals surface area contributed by atoms with E-state index in [0.717, 1.165) is 11.4 Å². The van der Waals surface area contributed by atoms with Crippen molar-refractivity contribution in [2.75, 3.05) is 19.0 Å². The van der Waals surface area contributed by atoms with Crippen molar-refractivity contribution in [1.29, 1.82) is 0 Å². The molecular formula is C18H19FN4O2. The third-order valence-corrected chi connectivity index (χ3v) is 3.85. The van der Waals surface area contributed by atoms with E-state index in [1.807, 2.05) is 31.1 Å². The van der Waals surface area contributed by atoms with E-state index >= 15 is 0 Å². The summed E-state index contributed by atoms with van der Waals surface area (Å²) in [6, 6.07) is 9.88. The average molecular weight is 342 g/mol. The number of aromatic nitrogens is 1. The molecule has 0 saturated heterocycles. The lowest BCUT2D eigenvalue weighted by Gasteiger charge is -2.12. The fourth-order valence-electron chi connectivity index (χ4n) is 2.45. The molecule has 1 aromatic heterocycles. The van der Waals surface area contributed by atoms with Gasteiger partial charge in [-0.2, -0.15) is 0 Å². The van der Waals surface area contributed by atoms with Crippen LogP contribution in [0.4, 0.5) is 10.2 Å². The van der Waals surface area contributed by atoms with E-state index in [1.54, 1.807) is 18.3 Å². The van der Waals surface area contributed by atoms with E-state index in [1.165, 1.54) is 12.1 Å². The van der Waals surface area contributed by atoms with E-state index in [9.17, 15) is 9.18 Å². The molecule has 1 N–H and O–H groups in total. The minimum absolute atomic E-state index is 0.258. The number of oxime groups is 1. The van der Waals surface area contributed by atoms with Gasteiger partial charge < -0.3 is 15.1 Å². The number of nitrogens with zero attached hydrogens (tertiary/aromatic N) is 3. The highest BCUT2D eigenvalue weighted by Gasteiger charge is 2.28. The molecule has 1 atom stereocenters. The Morgan fingerprint density at radius 1 is 1.36 bits per heavy atom. The van der Waals surface area contributed by atoms with Gasteiger partial charge in [0, 0.05) is 38.8 Å². The van der Waals surface area contributed by atoms with Crippen molar-refractivity contribution in [2.45, 2.75) is 19.1 Å². The Kier molecular flexibility index (Phi) is 4.92. The van der Waals surface area contributed by atoms with Crippen molar-refractivity contribution in [3.05, 3.63) is 59.5 Å². The fourth-order valence-corrected chi connectivity index (χ4v) is 2.45. The summed E-state index contributed by atoms with van der Waals surface area (Å²) >= 11 is 0. The minimum Gasteiger partial charge on any atom is -0.382 e.